The standard InChI is InChI=1S/C21H22BrNO3S2/c22-16-7-3-4-8-18(16)28-20-12-10-15(27-20)13-17(21(25)26)23-19(24)11-9-14-5-1-2-6-14/h3-4,7-8,10,12-14H,1-2,5-6,9,11H2,(H,23,24)(H,25,26)/b17-13-. The van der Waals surface area contributed by atoms with E-state index in [1.54, 1.807) is 11.8 Å². The molecule has 4 nitrogen and oxygen atoms in total. The number of amides is 1. The number of hydrogen-bond donors (Lipinski definition) is 2. The van der Waals surface area contributed by atoms with Gasteiger partial charge in [0.05, 0.1) is 4.21 Å². The summed E-state index contributed by atoms with van der Waals surface area (Å²) in [4.78, 5) is 25.6. The molecule has 1 amide bonds. The molecular formula is C21H22BrNO3S2. The number of benzene rings is 1. The Morgan fingerprint density at radius 1 is 1.21 bits per heavy atom. The molecule has 0 atom stereocenters. The molecule has 1 fully saturated rings. The molecule has 0 saturated heterocycles. The van der Waals surface area contributed by atoms with Gasteiger partial charge in [-0.15, -0.1) is 11.3 Å². The van der Waals surface area contributed by atoms with Crippen LogP contribution in [0.25, 0.3) is 6.08 Å². The number of nitrogens with one attached hydrogen (secondary N) is 1. The molecule has 1 aromatic heterocycles. The third-order valence-corrected chi connectivity index (χ3v) is 7.89. The van der Waals surface area contributed by atoms with Crippen LogP contribution in [0, 0.1) is 5.92 Å². The van der Waals surface area contributed by atoms with E-state index in [-0.39, 0.29) is 11.6 Å². The molecule has 28 heavy (non-hydrogen) atoms. The summed E-state index contributed by atoms with van der Waals surface area (Å²) in [5.74, 6) is -0.736. The topological polar surface area (TPSA) is 66.4 Å². The van der Waals surface area contributed by atoms with Crippen molar-refractivity contribution in [2.45, 2.75) is 47.6 Å². The normalized spacial score (nSPS) is 15.0. The fourth-order valence-corrected chi connectivity index (χ4v) is 5.84. The quantitative estimate of drug-likeness (QED) is 0.443. The van der Waals surface area contributed by atoms with Gasteiger partial charge in [-0.05, 0) is 58.6 Å². The Balaban J connectivity index is 1.62. The Kier molecular flexibility index (Phi) is 7.76. The molecular weight excluding hydrogens is 458 g/mol. The summed E-state index contributed by atoms with van der Waals surface area (Å²) in [5.41, 5.74) is -0.0734. The molecule has 2 aromatic rings. The zero-order chi connectivity index (χ0) is 19.9. The van der Waals surface area contributed by atoms with Crippen LogP contribution in [0.1, 0.15) is 43.4 Å². The molecule has 0 bridgehead atoms. The number of hydrogen-bond acceptors (Lipinski definition) is 4. The fraction of sp³-hybridized carbons (Fsp3) is 0.333. The van der Waals surface area contributed by atoms with Gasteiger partial charge in [-0.3, -0.25) is 4.79 Å². The molecule has 7 heteroatoms. The Morgan fingerprint density at radius 3 is 2.68 bits per heavy atom. The van der Waals surface area contributed by atoms with Crippen LogP contribution in [0.4, 0.5) is 0 Å². The van der Waals surface area contributed by atoms with Crippen LogP contribution in [0.2, 0.25) is 0 Å². The maximum atomic E-state index is 12.2. The molecule has 1 aliphatic rings. The summed E-state index contributed by atoms with van der Waals surface area (Å²) >= 11 is 6.64. The van der Waals surface area contributed by atoms with Crippen LogP contribution in [0.3, 0.4) is 0 Å². The lowest BCUT2D eigenvalue weighted by Crippen LogP contribution is -2.27. The largest absolute Gasteiger partial charge is 0.477 e. The highest BCUT2D eigenvalue weighted by Gasteiger charge is 2.18. The van der Waals surface area contributed by atoms with E-state index in [0.717, 1.165) is 24.9 Å². The lowest BCUT2D eigenvalue weighted by atomic mass is 10.0. The smallest absolute Gasteiger partial charge is 0.352 e. The maximum Gasteiger partial charge on any atom is 0.352 e. The third kappa shape index (κ3) is 6.22. The number of aliphatic carboxylic acids is 1. The highest BCUT2D eigenvalue weighted by atomic mass is 79.9. The fourth-order valence-electron chi connectivity index (χ4n) is 3.24. The van der Waals surface area contributed by atoms with Crippen molar-refractivity contribution in [2.24, 2.45) is 5.92 Å². The number of carbonyl (C=O) groups excluding carboxylic acids is 1. The lowest BCUT2D eigenvalue weighted by Gasteiger charge is -2.09. The van der Waals surface area contributed by atoms with Crippen molar-refractivity contribution in [3.8, 4) is 0 Å². The average Bonchev–Trinajstić information content (AvgIpc) is 3.33. The zero-order valence-corrected chi connectivity index (χ0v) is 18.5. The SMILES string of the molecule is O=C(CCC1CCCC1)N/C(=C\c1ccc(Sc2ccccc2Br)s1)C(=O)O. The first-order valence-corrected chi connectivity index (χ1v) is 11.7. The highest BCUT2D eigenvalue weighted by molar-refractivity contribution is 9.10. The number of carboxylic acid groups (broad SMARTS) is 1. The average molecular weight is 480 g/mol. The summed E-state index contributed by atoms with van der Waals surface area (Å²) in [7, 11) is 0. The van der Waals surface area contributed by atoms with E-state index in [0.29, 0.717) is 12.3 Å². The summed E-state index contributed by atoms with van der Waals surface area (Å²) < 4.78 is 2.07. The number of halogens is 1. The molecule has 0 spiro atoms. The van der Waals surface area contributed by atoms with Crippen molar-refractivity contribution in [1.82, 2.24) is 5.32 Å². The van der Waals surface area contributed by atoms with E-state index in [1.165, 1.54) is 43.1 Å². The number of thiophene rings is 1. The van der Waals surface area contributed by atoms with Gasteiger partial charge in [0.15, 0.2) is 0 Å². The molecule has 2 N–H and O–H groups in total. The number of carbonyl (C=O) groups is 2. The first-order chi connectivity index (χ1) is 13.5. The summed E-state index contributed by atoms with van der Waals surface area (Å²) in [6.45, 7) is 0. The van der Waals surface area contributed by atoms with Crippen molar-refractivity contribution in [2.75, 3.05) is 0 Å². The van der Waals surface area contributed by atoms with Crippen LogP contribution in [-0.4, -0.2) is 17.0 Å². The van der Waals surface area contributed by atoms with E-state index in [2.05, 4.69) is 21.2 Å². The molecule has 3 rings (SSSR count). The van der Waals surface area contributed by atoms with Gasteiger partial charge in [-0.1, -0.05) is 49.6 Å². The molecule has 1 heterocycles. The molecule has 1 aliphatic carbocycles. The minimum Gasteiger partial charge on any atom is -0.477 e. The molecule has 0 radical (unpaired) electrons. The predicted molar refractivity (Wildman–Crippen MR) is 118 cm³/mol. The van der Waals surface area contributed by atoms with Gasteiger partial charge in [0, 0.05) is 20.7 Å². The van der Waals surface area contributed by atoms with Gasteiger partial charge >= 0.3 is 5.97 Å². The van der Waals surface area contributed by atoms with Crippen LogP contribution < -0.4 is 5.32 Å². The summed E-state index contributed by atoms with van der Waals surface area (Å²) in [6, 6.07) is 11.8. The Bertz CT molecular complexity index is 872. The second-order valence-corrected chi connectivity index (χ2v) is 10.1. The highest BCUT2D eigenvalue weighted by Crippen LogP contribution is 2.37. The van der Waals surface area contributed by atoms with E-state index in [1.807, 2.05) is 36.4 Å². The molecule has 0 unspecified atom stereocenters. The van der Waals surface area contributed by atoms with Crippen LogP contribution in [-0.2, 0) is 9.59 Å². The lowest BCUT2D eigenvalue weighted by molar-refractivity contribution is -0.134. The van der Waals surface area contributed by atoms with Gasteiger partial charge in [0.25, 0.3) is 0 Å². The predicted octanol–water partition coefficient (Wildman–Crippen LogP) is 6.17. The van der Waals surface area contributed by atoms with Crippen LogP contribution in [0.5, 0.6) is 0 Å². The second-order valence-electron chi connectivity index (χ2n) is 6.79. The Labute approximate surface area is 181 Å². The van der Waals surface area contributed by atoms with E-state index < -0.39 is 5.97 Å². The van der Waals surface area contributed by atoms with Crippen molar-refractivity contribution in [3.63, 3.8) is 0 Å². The minimum absolute atomic E-state index is 0.0734. The van der Waals surface area contributed by atoms with Crippen molar-refractivity contribution in [3.05, 3.63) is 51.4 Å². The van der Waals surface area contributed by atoms with E-state index in [4.69, 9.17) is 0 Å². The maximum absolute atomic E-state index is 12.2. The van der Waals surface area contributed by atoms with E-state index in [9.17, 15) is 14.7 Å². The molecule has 0 aliphatic heterocycles. The summed E-state index contributed by atoms with van der Waals surface area (Å²) in [5, 5.41) is 12.0. The van der Waals surface area contributed by atoms with Gasteiger partial charge < -0.3 is 10.4 Å². The van der Waals surface area contributed by atoms with Crippen molar-refractivity contribution < 1.29 is 14.7 Å². The van der Waals surface area contributed by atoms with Gasteiger partial charge in [-0.2, -0.15) is 0 Å². The van der Waals surface area contributed by atoms with E-state index >= 15 is 0 Å². The van der Waals surface area contributed by atoms with Gasteiger partial charge in [-0.25, -0.2) is 4.79 Å². The molecule has 1 aromatic carbocycles. The van der Waals surface area contributed by atoms with Gasteiger partial charge in [0.2, 0.25) is 5.91 Å². The Hall–Kier alpha value is -1.57. The third-order valence-electron chi connectivity index (χ3n) is 4.69. The van der Waals surface area contributed by atoms with Crippen LogP contribution in [0.15, 0.2) is 55.7 Å². The zero-order valence-electron chi connectivity index (χ0n) is 15.3. The monoisotopic (exact) mass is 479 g/mol. The van der Waals surface area contributed by atoms with Crippen LogP contribution >= 0.6 is 39.0 Å². The second kappa shape index (κ2) is 10.3. The first-order valence-electron chi connectivity index (χ1n) is 9.28. The molecule has 148 valence electrons. The Morgan fingerprint density at radius 2 is 1.96 bits per heavy atom. The van der Waals surface area contributed by atoms with Crippen molar-refractivity contribution >= 4 is 57.0 Å². The summed E-state index contributed by atoms with van der Waals surface area (Å²) in [6.07, 6.45) is 7.59. The number of rotatable bonds is 8. The number of carboxylic acids is 1. The van der Waals surface area contributed by atoms with Crippen molar-refractivity contribution in [1.29, 1.82) is 0 Å². The minimum atomic E-state index is -1.12. The first kappa shape index (κ1) is 21.1. The van der Waals surface area contributed by atoms with Gasteiger partial charge in [0.1, 0.15) is 5.70 Å². The molecule has 1 saturated carbocycles.